The van der Waals surface area contributed by atoms with Gasteiger partial charge in [0.25, 0.3) is 0 Å². The number of nitrogens with zero attached hydrogens (tertiary/aromatic N) is 2. The van der Waals surface area contributed by atoms with Crippen molar-refractivity contribution in [2.24, 2.45) is 0 Å². The molecule has 0 spiro atoms. The maximum Gasteiger partial charge on any atom is 0.232 e. The number of allylic oxidation sites excluding steroid dienone is 2. The first-order chi connectivity index (χ1) is 15.6. The van der Waals surface area contributed by atoms with Gasteiger partial charge in [-0.25, -0.2) is 0 Å². The molecule has 1 aliphatic heterocycles. The third-order valence-corrected chi connectivity index (χ3v) is 8.17. The Labute approximate surface area is 192 Å². The fourth-order valence-corrected chi connectivity index (χ4v) is 6.75. The minimum atomic E-state index is -0.264. The molecule has 0 N–H and O–H groups in total. The molecule has 164 valence electrons. The third-order valence-electron chi connectivity index (χ3n) is 6.89. The van der Waals surface area contributed by atoms with E-state index in [-0.39, 0.29) is 24.0 Å². The second-order valence-corrected chi connectivity index (χ2v) is 9.84. The Balaban J connectivity index is 1.65. The maximum atomic E-state index is 13.6. The normalized spacial score (nSPS) is 21.0. The fourth-order valence-electron chi connectivity index (χ4n) is 5.37. The number of fused-ring (bicyclic) bond motifs is 1. The van der Waals surface area contributed by atoms with E-state index in [0.717, 1.165) is 65.3 Å². The van der Waals surface area contributed by atoms with Gasteiger partial charge in [0.1, 0.15) is 16.8 Å². The first-order valence-corrected chi connectivity index (χ1v) is 12.2. The van der Waals surface area contributed by atoms with Crippen LogP contribution in [0.4, 0.5) is 5.00 Å². The topological polar surface area (TPSA) is 70.4 Å². The number of Topliss-reactive ketones (excluding diaryl/α,β-unsaturated/α-hetero) is 1. The van der Waals surface area contributed by atoms with Crippen LogP contribution >= 0.6 is 11.3 Å². The van der Waals surface area contributed by atoms with Crippen molar-refractivity contribution in [3.8, 4) is 11.8 Å². The zero-order chi connectivity index (χ0) is 22.2. The average Bonchev–Trinajstić information content (AvgIpc) is 2.98. The lowest BCUT2D eigenvalue weighted by Gasteiger charge is -2.38. The number of anilines is 1. The van der Waals surface area contributed by atoms with E-state index in [1.54, 1.807) is 23.3 Å². The second kappa shape index (κ2) is 8.55. The Morgan fingerprint density at radius 3 is 2.75 bits per heavy atom. The zero-order valence-electron chi connectivity index (χ0n) is 18.3. The monoisotopic (exact) mass is 446 g/mol. The van der Waals surface area contributed by atoms with Crippen molar-refractivity contribution in [1.29, 1.82) is 5.26 Å². The van der Waals surface area contributed by atoms with Gasteiger partial charge >= 0.3 is 0 Å². The number of methoxy groups -OCH3 is 1. The van der Waals surface area contributed by atoms with Crippen molar-refractivity contribution in [1.82, 2.24) is 0 Å². The summed E-state index contributed by atoms with van der Waals surface area (Å²) in [6.45, 7) is 0. The molecule has 1 aromatic carbocycles. The van der Waals surface area contributed by atoms with E-state index in [0.29, 0.717) is 18.4 Å². The second-order valence-electron chi connectivity index (χ2n) is 8.76. The Bertz CT molecular complexity index is 1170. The van der Waals surface area contributed by atoms with E-state index >= 15 is 0 Å². The molecule has 0 unspecified atom stereocenters. The minimum Gasteiger partial charge on any atom is -0.497 e. The van der Waals surface area contributed by atoms with Gasteiger partial charge in [0, 0.05) is 34.9 Å². The lowest BCUT2D eigenvalue weighted by atomic mass is 9.77. The number of thiophene rings is 1. The van der Waals surface area contributed by atoms with E-state index < -0.39 is 0 Å². The van der Waals surface area contributed by atoms with Crippen LogP contribution in [0.2, 0.25) is 0 Å². The summed E-state index contributed by atoms with van der Waals surface area (Å²) in [5.74, 6) is 0.545. The molecule has 2 aromatic rings. The van der Waals surface area contributed by atoms with Crippen LogP contribution in [0.25, 0.3) is 0 Å². The van der Waals surface area contributed by atoms with E-state index in [1.807, 2.05) is 24.3 Å². The van der Waals surface area contributed by atoms with Crippen LogP contribution in [-0.4, -0.2) is 18.8 Å². The first kappa shape index (κ1) is 21.0. The van der Waals surface area contributed by atoms with E-state index in [1.165, 1.54) is 11.3 Å². The first-order valence-electron chi connectivity index (χ1n) is 11.4. The van der Waals surface area contributed by atoms with Crippen molar-refractivity contribution >= 4 is 28.0 Å². The molecule has 0 fully saturated rings. The largest absolute Gasteiger partial charge is 0.497 e. The zero-order valence-corrected chi connectivity index (χ0v) is 19.1. The van der Waals surface area contributed by atoms with E-state index in [2.05, 4.69) is 6.07 Å². The lowest BCUT2D eigenvalue weighted by molar-refractivity contribution is -0.119. The van der Waals surface area contributed by atoms with Crippen molar-refractivity contribution in [2.75, 3.05) is 12.0 Å². The highest BCUT2D eigenvalue weighted by atomic mass is 32.1. The summed E-state index contributed by atoms with van der Waals surface area (Å²) in [7, 11) is 1.62. The Kier molecular flexibility index (Phi) is 5.60. The summed E-state index contributed by atoms with van der Waals surface area (Å²) in [4.78, 5) is 29.7. The Morgan fingerprint density at radius 1 is 1.09 bits per heavy atom. The highest BCUT2D eigenvalue weighted by molar-refractivity contribution is 7.16. The molecule has 2 heterocycles. The van der Waals surface area contributed by atoms with Gasteiger partial charge in [-0.05, 0) is 61.8 Å². The number of nitriles is 1. The molecule has 0 saturated carbocycles. The van der Waals surface area contributed by atoms with Crippen LogP contribution < -0.4 is 9.64 Å². The van der Waals surface area contributed by atoms with Gasteiger partial charge in [0.15, 0.2) is 5.78 Å². The summed E-state index contributed by atoms with van der Waals surface area (Å²) in [5, 5.41) is 10.8. The van der Waals surface area contributed by atoms with Gasteiger partial charge < -0.3 is 4.74 Å². The van der Waals surface area contributed by atoms with Crippen molar-refractivity contribution in [2.45, 2.75) is 63.7 Å². The Morgan fingerprint density at radius 2 is 1.94 bits per heavy atom. The number of amides is 1. The van der Waals surface area contributed by atoms with Crippen molar-refractivity contribution < 1.29 is 14.3 Å². The van der Waals surface area contributed by atoms with Gasteiger partial charge in [0.05, 0.1) is 12.7 Å². The number of hydrogen-bond acceptors (Lipinski definition) is 5. The van der Waals surface area contributed by atoms with Crippen LogP contribution in [0.3, 0.4) is 0 Å². The van der Waals surface area contributed by atoms with Gasteiger partial charge in [0.2, 0.25) is 5.91 Å². The fraction of sp³-hybridized carbons (Fsp3) is 0.423. The molecule has 3 aliphatic rings. The molecule has 2 aliphatic carbocycles. The number of ether oxygens (including phenoxy) is 1. The van der Waals surface area contributed by atoms with Crippen LogP contribution in [-0.2, 0) is 22.4 Å². The standard InChI is InChI=1S/C26H26N2O3S/c1-31-17-8-5-7-16(13-17)19-14-24(30)28(21-10-6-11-22(29)25(19)21)26-20(15-27)18-9-3-2-4-12-23(18)32-26/h5,7-8,13,19H,2-4,6,9-12,14H2,1H3/t19-/m0/s1. The summed E-state index contributed by atoms with van der Waals surface area (Å²) < 4.78 is 5.38. The van der Waals surface area contributed by atoms with Crippen molar-refractivity contribution in [3.05, 3.63) is 57.1 Å². The Hall–Kier alpha value is -2.91. The lowest BCUT2D eigenvalue weighted by Crippen LogP contribution is -2.40. The minimum absolute atomic E-state index is 0.0285. The highest BCUT2D eigenvalue weighted by Crippen LogP contribution is 2.48. The number of benzene rings is 1. The van der Waals surface area contributed by atoms with E-state index in [4.69, 9.17) is 4.74 Å². The smallest absolute Gasteiger partial charge is 0.232 e. The molecule has 5 rings (SSSR count). The van der Waals surface area contributed by atoms with Gasteiger partial charge in [-0.15, -0.1) is 11.3 Å². The molecule has 32 heavy (non-hydrogen) atoms. The summed E-state index contributed by atoms with van der Waals surface area (Å²) in [6.07, 6.45) is 7.39. The molecule has 1 aromatic heterocycles. The van der Waals surface area contributed by atoms with Gasteiger partial charge in [-0.3, -0.25) is 14.5 Å². The predicted molar refractivity (Wildman–Crippen MR) is 124 cm³/mol. The molecular weight excluding hydrogens is 420 g/mol. The molecule has 0 bridgehead atoms. The van der Waals surface area contributed by atoms with Gasteiger partial charge in [-0.1, -0.05) is 18.6 Å². The van der Waals surface area contributed by atoms with Crippen LogP contribution in [0.15, 0.2) is 35.5 Å². The maximum absolute atomic E-state index is 13.6. The summed E-state index contributed by atoms with van der Waals surface area (Å²) >= 11 is 1.59. The number of ketones is 1. The molecule has 0 saturated heterocycles. The number of carbonyl (C=O) groups is 2. The highest BCUT2D eigenvalue weighted by Gasteiger charge is 2.41. The molecule has 1 amide bonds. The molecule has 1 atom stereocenters. The number of hydrogen-bond donors (Lipinski definition) is 0. The SMILES string of the molecule is COc1cccc([C@@H]2CC(=O)N(c3sc4c(c3C#N)CCCCC4)C3=C2C(=O)CCC3)c1. The third kappa shape index (κ3) is 3.45. The predicted octanol–water partition coefficient (Wildman–Crippen LogP) is 5.42. The number of carbonyl (C=O) groups excluding carboxylic acids is 2. The molecule has 6 heteroatoms. The summed E-state index contributed by atoms with van der Waals surface area (Å²) in [6, 6.07) is 10.1. The quantitative estimate of drug-likeness (QED) is 0.590. The van der Waals surface area contributed by atoms with Crippen molar-refractivity contribution in [3.63, 3.8) is 0 Å². The van der Waals surface area contributed by atoms with Crippen LogP contribution in [0.5, 0.6) is 5.75 Å². The average molecular weight is 447 g/mol. The summed E-state index contributed by atoms with van der Waals surface area (Å²) in [5.41, 5.74) is 4.25. The van der Waals surface area contributed by atoms with Crippen LogP contribution in [0, 0.1) is 11.3 Å². The molecule has 5 nitrogen and oxygen atoms in total. The number of rotatable bonds is 3. The number of aryl methyl sites for hydroxylation is 1. The van der Waals surface area contributed by atoms with Crippen LogP contribution in [0.1, 0.15) is 72.4 Å². The molecule has 0 radical (unpaired) electrons. The molecular formula is C26H26N2O3S. The van der Waals surface area contributed by atoms with Gasteiger partial charge in [-0.2, -0.15) is 5.26 Å². The van der Waals surface area contributed by atoms with E-state index in [9.17, 15) is 14.9 Å².